The first-order chi connectivity index (χ1) is 10.7. The van der Waals surface area contributed by atoms with Crippen LogP contribution in [0.2, 0.25) is 0 Å². The van der Waals surface area contributed by atoms with Gasteiger partial charge in [-0.1, -0.05) is 29.8 Å². The molecule has 0 amide bonds. The van der Waals surface area contributed by atoms with E-state index in [2.05, 4.69) is 51.0 Å². The molecule has 1 unspecified atom stereocenters. The lowest BCUT2D eigenvalue weighted by Gasteiger charge is -2.35. The summed E-state index contributed by atoms with van der Waals surface area (Å²) in [5.74, 6) is 0.822. The van der Waals surface area contributed by atoms with Crippen LogP contribution < -0.4 is 4.90 Å². The van der Waals surface area contributed by atoms with Crippen LogP contribution in [-0.4, -0.2) is 47.6 Å². The maximum atomic E-state index is 6.57. The zero-order valence-corrected chi connectivity index (χ0v) is 13.6. The molecule has 2 aromatic rings. The highest BCUT2D eigenvalue weighted by Gasteiger charge is 2.21. The number of alkyl halides is 1. The molecule has 0 aliphatic carbocycles. The number of hydrogen-bond acceptors (Lipinski definition) is 4. The number of anilines is 1. The number of nitrogens with zero attached hydrogens (tertiary/aromatic N) is 4. The average Bonchev–Trinajstić information content (AvgIpc) is 2.57. The summed E-state index contributed by atoms with van der Waals surface area (Å²) in [4.78, 5) is 13.3. The molecule has 1 aliphatic rings. The van der Waals surface area contributed by atoms with Crippen LogP contribution in [0.5, 0.6) is 0 Å². The molecule has 5 heteroatoms. The number of halogens is 1. The molecule has 4 nitrogen and oxygen atoms in total. The van der Waals surface area contributed by atoms with E-state index < -0.39 is 0 Å². The fourth-order valence-corrected chi connectivity index (χ4v) is 3.03. The predicted molar refractivity (Wildman–Crippen MR) is 90.5 cm³/mol. The van der Waals surface area contributed by atoms with Crippen molar-refractivity contribution >= 4 is 17.5 Å². The first-order valence-corrected chi connectivity index (χ1v) is 8.11. The summed E-state index contributed by atoms with van der Waals surface area (Å²) in [6, 6.07) is 10.3. The minimum Gasteiger partial charge on any atom is -0.338 e. The van der Waals surface area contributed by atoms with Crippen molar-refractivity contribution in [2.45, 2.75) is 12.3 Å². The SMILES string of the molecule is Cc1ccc(C(Cl)CN2CCN(c3ncccn3)CC2)cc1. The Balaban J connectivity index is 1.52. The van der Waals surface area contributed by atoms with Crippen LogP contribution in [0.4, 0.5) is 5.95 Å². The van der Waals surface area contributed by atoms with E-state index >= 15 is 0 Å². The summed E-state index contributed by atoms with van der Waals surface area (Å²) in [6.45, 7) is 6.86. The van der Waals surface area contributed by atoms with Gasteiger partial charge in [0.15, 0.2) is 0 Å². The molecular weight excluding hydrogens is 296 g/mol. The van der Waals surface area contributed by atoms with Gasteiger partial charge in [0.05, 0.1) is 5.38 Å². The minimum atomic E-state index is 0.0418. The van der Waals surface area contributed by atoms with Crippen LogP contribution in [0.15, 0.2) is 42.7 Å². The van der Waals surface area contributed by atoms with Crippen molar-refractivity contribution in [1.29, 1.82) is 0 Å². The molecule has 0 bridgehead atoms. The first kappa shape index (κ1) is 15.3. The van der Waals surface area contributed by atoms with E-state index in [9.17, 15) is 0 Å². The zero-order chi connectivity index (χ0) is 15.4. The quantitative estimate of drug-likeness (QED) is 0.812. The van der Waals surface area contributed by atoms with Gasteiger partial charge >= 0.3 is 0 Å². The van der Waals surface area contributed by atoms with Crippen molar-refractivity contribution < 1.29 is 0 Å². The summed E-state index contributed by atoms with van der Waals surface area (Å²) in [6.07, 6.45) is 3.59. The third-order valence-corrected chi connectivity index (χ3v) is 4.45. The molecular formula is C17H21ClN4. The highest BCUT2D eigenvalue weighted by Crippen LogP contribution is 2.23. The number of rotatable bonds is 4. The number of hydrogen-bond donors (Lipinski definition) is 0. The second-order valence-corrected chi connectivity index (χ2v) is 6.24. The summed E-state index contributed by atoms with van der Waals surface area (Å²) < 4.78 is 0. The lowest BCUT2D eigenvalue weighted by molar-refractivity contribution is 0.257. The van der Waals surface area contributed by atoms with Gasteiger partial charge in [0.2, 0.25) is 5.95 Å². The monoisotopic (exact) mass is 316 g/mol. The smallest absolute Gasteiger partial charge is 0.225 e. The van der Waals surface area contributed by atoms with Gasteiger partial charge in [0.25, 0.3) is 0 Å². The molecule has 2 heterocycles. The first-order valence-electron chi connectivity index (χ1n) is 7.67. The van der Waals surface area contributed by atoms with E-state index in [0.717, 1.165) is 38.7 Å². The second kappa shape index (κ2) is 7.07. The number of piperazine rings is 1. The fraction of sp³-hybridized carbons (Fsp3) is 0.412. The molecule has 1 saturated heterocycles. The van der Waals surface area contributed by atoms with E-state index in [1.807, 2.05) is 6.07 Å². The molecule has 1 aromatic carbocycles. The Morgan fingerprint density at radius 3 is 2.32 bits per heavy atom. The van der Waals surface area contributed by atoms with Gasteiger partial charge < -0.3 is 4.90 Å². The van der Waals surface area contributed by atoms with E-state index in [0.29, 0.717) is 0 Å². The topological polar surface area (TPSA) is 32.3 Å². The number of aromatic nitrogens is 2. The van der Waals surface area contributed by atoms with Gasteiger partial charge in [-0.3, -0.25) is 4.90 Å². The lowest BCUT2D eigenvalue weighted by atomic mass is 10.1. The normalized spacial score (nSPS) is 17.5. The maximum absolute atomic E-state index is 6.57. The molecule has 0 saturated carbocycles. The van der Waals surface area contributed by atoms with Crippen LogP contribution in [0.3, 0.4) is 0 Å². The van der Waals surface area contributed by atoms with Crippen molar-refractivity contribution in [3.05, 3.63) is 53.9 Å². The van der Waals surface area contributed by atoms with E-state index in [4.69, 9.17) is 11.6 Å². The standard InChI is InChI=1S/C17H21ClN4/c1-14-3-5-15(6-4-14)16(18)13-21-9-11-22(12-10-21)17-19-7-2-8-20-17/h2-8,16H,9-13H2,1H3. The molecule has 0 spiro atoms. The van der Waals surface area contributed by atoms with Crippen LogP contribution >= 0.6 is 11.6 Å². The highest BCUT2D eigenvalue weighted by atomic mass is 35.5. The zero-order valence-electron chi connectivity index (χ0n) is 12.8. The molecule has 1 atom stereocenters. The summed E-state index contributed by atoms with van der Waals surface area (Å²) in [5, 5.41) is 0.0418. The Morgan fingerprint density at radius 2 is 1.68 bits per heavy atom. The van der Waals surface area contributed by atoms with Crippen LogP contribution in [0.25, 0.3) is 0 Å². The van der Waals surface area contributed by atoms with Gasteiger partial charge in [-0.05, 0) is 18.6 Å². The van der Waals surface area contributed by atoms with Gasteiger partial charge in [-0.15, -0.1) is 11.6 Å². The Morgan fingerprint density at radius 1 is 1.05 bits per heavy atom. The molecule has 22 heavy (non-hydrogen) atoms. The van der Waals surface area contributed by atoms with E-state index in [1.54, 1.807) is 12.4 Å². The molecule has 3 rings (SSSR count). The fourth-order valence-electron chi connectivity index (χ4n) is 2.69. The second-order valence-electron chi connectivity index (χ2n) is 5.71. The van der Waals surface area contributed by atoms with Gasteiger partial charge in [-0.2, -0.15) is 0 Å². The Labute approximate surface area is 136 Å². The van der Waals surface area contributed by atoms with E-state index in [1.165, 1.54) is 11.1 Å². The van der Waals surface area contributed by atoms with E-state index in [-0.39, 0.29) is 5.38 Å². The van der Waals surface area contributed by atoms with Gasteiger partial charge in [0, 0.05) is 45.1 Å². The van der Waals surface area contributed by atoms with Crippen LogP contribution in [-0.2, 0) is 0 Å². The van der Waals surface area contributed by atoms with Crippen molar-refractivity contribution in [1.82, 2.24) is 14.9 Å². The Bertz CT molecular complexity index is 579. The number of aryl methyl sites for hydroxylation is 1. The molecule has 1 aromatic heterocycles. The molecule has 116 valence electrons. The predicted octanol–water partition coefficient (Wildman–Crippen LogP) is 2.89. The van der Waals surface area contributed by atoms with Crippen LogP contribution in [0, 0.1) is 6.92 Å². The lowest BCUT2D eigenvalue weighted by Crippen LogP contribution is -2.47. The van der Waals surface area contributed by atoms with Crippen molar-refractivity contribution in [3.63, 3.8) is 0 Å². The molecule has 1 fully saturated rings. The summed E-state index contributed by atoms with van der Waals surface area (Å²) in [7, 11) is 0. The van der Waals surface area contributed by atoms with Gasteiger partial charge in [-0.25, -0.2) is 9.97 Å². The van der Waals surface area contributed by atoms with Crippen LogP contribution in [0.1, 0.15) is 16.5 Å². The number of benzene rings is 1. The van der Waals surface area contributed by atoms with Crippen molar-refractivity contribution in [3.8, 4) is 0 Å². The summed E-state index contributed by atoms with van der Waals surface area (Å²) >= 11 is 6.57. The molecule has 0 N–H and O–H groups in total. The molecule has 1 aliphatic heterocycles. The van der Waals surface area contributed by atoms with Gasteiger partial charge in [0.1, 0.15) is 0 Å². The van der Waals surface area contributed by atoms with Crippen molar-refractivity contribution in [2.24, 2.45) is 0 Å². The van der Waals surface area contributed by atoms with Crippen molar-refractivity contribution in [2.75, 3.05) is 37.6 Å². The Hall–Kier alpha value is -1.65. The Kier molecular flexibility index (Phi) is 4.90. The molecule has 0 radical (unpaired) electrons. The average molecular weight is 317 g/mol. The minimum absolute atomic E-state index is 0.0418. The maximum Gasteiger partial charge on any atom is 0.225 e. The highest BCUT2D eigenvalue weighted by molar-refractivity contribution is 6.21. The third-order valence-electron chi connectivity index (χ3n) is 4.06. The summed E-state index contributed by atoms with van der Waals surface area (Å²) in [5.41, 5.74) is 2.46. The largest absolute Gasteiger partial charge is 0.338 e. The third kappa shape index (κ3) is 3.76.